The maximum absolute atomic E-state index is 12.8. The third-order valence-electron chi connectivity index (χ3n) is 5.04. The molecule has 2 aliphatic heterocycles. The molecule has 3 rings (SSSR count). The van der Waals surface area contributed by atoms with Crippen molar-refractivity contribution in [1.82, 2.24) is 15.1 Å². The summed E-state index contributed by atoms with van der Waals surface area (Å²) in [6, 6.07) is 5.71. The van der Waals surface area contributed by atoms with Crippen LogP contribution in [-0.4, -0.2) is 55.6 Å². The number of alkyl halides is 3. The van der Waals surface area contributed by atoms with Crippen LogP contribution in [-0.2, 0) is 12.7 Å². The highest BCUT2D eigenvalue weighted by Crippen LogP contribution is 2.29. The Morgan fingerprint density at radius 1 is 1.08 bits per heavy atom. The number of benzene rings is 1. The van der Waals surface area contributed by atoms with Crippen molar-refractivity contribution in [2.45, 2.75) is 25.6 Å². The summed E-state index contributed by atoms with van der Waals surface area (Å²) in [6.45, 7) is 7.87. The van der Waals surface area contributed by atoms with Gasteiger partial charge in [0, 0.05) is 39.3 Å². The lowest BCUT2D eigenvalue weighted by Crippen LogP contribution is -2.48. The third-order valence-corrected chi connectivity index (χ3v) is 5.04. The summed E-state index contributed by atoms with van der Waals surface area (Å²) < 4.78 is 38.4. The molecule has 2 fully saturated rings. The van der Waals surface area contributed by atoms with Gasteiger partial charge in [-0.05, 0) is 43.5 Å². The summed E-state index contributed by atoms with van der Waals surface area (Å²) in [5.41, 5.74) is 0.193. The number of piperidine rings is 1. The van der Waals surface area contributed by atoms with Crippen LogP contribution in [0.15, 0.2) is 24.3 Å². The van der Waals surface area contributed by atoms with E-state index in [0.717, 1.165) is 63.4 Å². The Morgan fingerprint density at radius 2 is 1.80 bits per heavy atom. The molecule has 3 nitrogen and oxygen atoms in total. The quantitative estimate of drug-likeness (QED) is 0.869. The molecule has 2 saturated heterocycles. The first-order chi connectivity index (χ1) is 11.5. The van der Waals surface area contributed by atoms with Crippen LogP contribution in [0.2, 0.25) is 0 Å². The fourth-order valence-electron chi connectivity index (χ4n) is 3.68. The molecule has 0 bridgehead atoms. The predicted molar refractivity (Wildman–Crippen MR) is 96.0 cm³/mol. The molecule has 0 spiro atoms. The maximum Gasteiger partial charge on any atom is 0.416 e. The zero-order valence-corrected chi connectivity index (χ0v) is 15.2. The summed E-state index contributed by atoms with van der Waals surface area (Å²) >= 11 is 0. The van der Waals surface area contributed by atoms with E-state index in [1.165, 1.54) is 25.0 Å². The second-order valence-electron chi connectivity index (χ2n) is 6.99. The van der Waals surface area contributed by atoms with Gasteiger partial charge in [-0.2, -0.15) is 13.2 Å². The Kier molecular flexibility index (Phi) is 7.55. The van der Waals surface area contributed by atoms with Crippen LogP contribution in [0.5, 0.6) is 0 Å². The molecule has 1 unspecified atom stereocenters. The molecule has 2 heterocycles. The van der Waals surface area contributed by atoms with Gasteiger partial charge >= 0.3 is 6.18 Å². The molecule has 2 aliphatic rings. The van der Waals surface area contributed by atoms with E-state index in [1.54, 1.807) is 6.07 Å². The number of rotatable bonds is 4. The van der Waals surface area contributed by atoms with E-state index >= 15 is 0 Å². The number of hydrogen-bond donors (Lipinski definition) is 1. The van der Waals surface area contributed by atoms with Crippen LogP contribution in [0.3, 0.4) is 0 Å². The van der Waals surface area contributed by atoms with E-state index in [-0.39, 0.29) is 12.4 Å². The van der Waals surface area contributed by atoms with E-state index in [4.69, 9.17) is 0 Å². The smallest absolute Gasteiger partial charge is 0.316 e. The summed E-state index contributed by atoms with van der Waals surface area (Å²) in [4.78, 5) is 4.76. The van der Waals surface area contributed by atoms with E-state index in [1.807, 2.05) is 0 Å². The van der Waals surface area contributed by atoms with Gasteiger partial charge in [0.15, 0.2) is 0 Å². The normalized spacial score (nSPS) is 23.2. The van der Waals surface area contributed by atoms with Crippen LogP contribution in [0.4, 0.5) is 13.2 Å². The van der Waals surface area contributed by atoms with Crippen molar-refractivity contribution in [3.05, 3.63) is 35.4 Å². The van der Waals surface area contributed by atoms with Crippen LogP contribution >= 0.6 is 12.4 Å². The summed E-state index contributed by atoms with van der Waals surface area (Å²) in [7, 11) is 0. The highest BCUT2D eigenvalue weighted by molar-refractivity contribution is 5.85. The molecular weight excluding hydrogens is 351 g/mol. The Bertz CT molecular complexity index is 525. The average molecular weight is 378 g/mol. The second-order valence-corrected chi connectivity index (χ2v) is 6.99. The Hall–Kier alpha value is -0.820. The van der Waals surface area contributed by atoms with E-state index in [9.17, 15) is 13.2 Å². The van der Waals surface area contributed by atoms with Gasteiger partial charge < -0.3 is 10.2 Å². The molecule has 25 heavy (non-hydrogen) atoms. The highest BCUT2D eigenvalue weighted by Gasteiger charge is 2.30. The van der Waals surface area contributed by atoms with Crippen molar-refractivity contribution >= 4 is 12.4 Å². The first-order valence-electron chi connectivity index (χ1n) is 8.82. The number of nitrogens with zero attached hydrogens (tertiary/aromatic N) is 2. The van der Waals surface area contributed by atoms with Crippen molar-refractivity contribution in [3.63, 3.8) is 0 Å². The molecule has 0 saturated carbocycles. The maximum atomic E-state index is 12.8. The highest BCUT2D eigenvalue weighted by atomic mass is 35.5. The molecule has 142 valence electrons. The molecule has 1 N–H and O–H groups in total. The van der Waals surface area contributed by atoms with Crippen LogP contribution in [0, 0.1) is 5.92 Å². The van der Waals surface area contributed by atoms with Crippen LogP contribution in [0.25, 0.3) is 0 Å². The molecule has 0 aliphatic carbocycles. The van der Waals surface area contributed by atoms with E-state index in [2.05, 4.69) is 15.1 Å². The van der Waals surface area contributed by atoms with Crippen LogP contribution in [0.1, 0.15) is 24.0 Å². The largest absolute Gasteiger partial charge is 0.416 e. The topological polar surface area (TPSA) is 18.5 Å². The monoisotopic (exact) mass is 377 g/mol. The summed E-state index contributed by atoms with van der Waals surface area (Å²) in [5.74, 6) is 0.744. The minimum atomic E-state index is -4.26. The first-order valence-corrected chi connectivity index (χ1v) is 8.82. The van der Waals surface area contributed by atoms with Gasteiger partial charge in [-0.15, -0.1) is 12.4 Å². The van der Waals surface area contributed by atoms with Gasteiger partial charge in [-0.25, -0.2) is 0 Å². The number of nitrogens with one attached hydrogen (secondary N) is 1. The molecule has 1 aromatic rings. The Labute approximate surface area is 154 Å². The van der Waals surface area contributed by atoms with Gasteiger partial charge in [-0.1, -0.05) is 18.2 Å². The summed E-state index contributed by atoms with van der Waals surface area (Å²) in [6.07, 6.45) is -1.69. The SMILES string of the molecule is Cl.FC(F)(F)c1cccc(CN2CCN(CC3CCCNC3)CC2)c1. The zero-order valence-electron chi connectivity index (χ0n) is 14.4. The van der Waals surface area contributed by atoms with Gasteiger partial charge in [0.1, 0.15) is 0 Å². The van der Waals surface area contributed by atoms with Crippen molar-refractivity contribution in [1.29, 1.82) is 0 Å². The Morgan fingerprint density at radius 3 is 2.44 bits per heavy atom. The van der Waals surface area contributed by atoms with Gasteiger partial charge in [0.05, 0.1) is 5.56 Å². The molecular formula is C18H27ClF3N3. The Balaban J connectivity index is 0.00000225. The van der Waals surface area contributed by atoms with Crippen LogP contribution < -0.4 is 5.32 Å². The number of piperazine rings is 1. The lowest BCUT2D eigenvalue weighted by atomic mass is 9.99. The van der Waals surface area contributed by atoms with Crippen molar-refractivity contribution in [2.24, 2.45) is 5.92 Å². The minimum absolute atomic E-state index is 0. The van der Waals surface area contributed by atoms with Gasteiger partial charge in [0.2, 0.25) is 0 Å². The van der Waals surface area contributed by atoms with Crippen molar-refractivity contribution < 1.29 is 13.2 Å². The van der Waals surface area contributed by atoms with Crippen molar-refractivity contribution in [3.8, 4) is 0 Å². The second kappa shape index (κ2) is 9.21. The van der Waals surface area contributed by atoms with Gasteiger partial charge in [-0.3, -0.25) is 4.90 Å². The first kappa shape index (κ1) is 20.5. The predicted octanol–water partition coefficient (Wildman–Crippen LogP) is 3.24. The number of hydrogen-bond acceptors (Lipinski definition) is 3. The minimum Gasteiger partial charge on any atom is -0.316 e. The van der Waals surface area contributed by atoms with E-state index < -0.39 is 11.7 Å². The lowest BCUT2D eigenvalue weighted by molar-refractivity contribution is -0.137. The van der Waals surface area contributed by atoms with E-state index in [0.29, 0.717) is 6.54 Å². The molecule has 1 aromatic carbocycles. The molecule has 0 aromatic heterocycles. The number of halogens is 4. The van der Waals surface area contributed by atoms with Gasteiger partial charge in [0.25, 0.3) is 0 Å². The molecule has 1 atom stereocenters. The standard InChI is InChI=1S/C18H26F3N3.ClH/c19-18(20,21)17-5-1-3-15(11-17)13-23-7-9-24(10-8-23)14-16-4-2-6-22-12-16;/h1,3,5,11,16,22H,2,4,6-10,12-14H2;1H. The zero-order chi connectivity index (χ0) is 17.0. The molecule has 0 amide bonds. The van der Waals surface area contributed by atoms with Crippen molar-refractivity contribution in [2.75, 3.05) is 45.8 Å². The fourth-order valence-corrected chi connectivity index (χ4v) is 3.68. The third kappa shape index (κ3) is 6.13. The fraction of sp³-hybridized carbons (Fsp3) is 0.667. The molecule has 7 heteroatoms. The lowest BCUT2D eigenvalue weighted by Gasteiger charge is -2.37. The average Bonchev–Trinajstić information content (AvgIpc) is 2.57. The molecule has 0 radical (unpaired) electrons. The summed E-state index contributed by atoms with van der Waals surface area (Å²) in [5, 5.41) is 3.45.